The number of amides is 3. The van der Waals surface area contributed by atoms with Gasteiger partial charge in [-0.1, -0.05) is 36.4 Å². The van der Waals surface area contributed by atoms with Gasteiger partial charge < -0.3 is 20.3 Å². The zero-order valence-corrected chi connectivity index (χ0v) is 18.4. The van der Waals surface area contributed by atoms with Crippen LogP contribution >= 0.6 is 0 Å². The maximum absolute atomic E-state index is 13.5. The molecule has 7 nitrogen and oxygen atoms in total. The highest BCUT2D eigenvalue weighted by Gasteiger charge is 2.22. The Labute approximate surface area is 188 Å². The van der Waals surface area contributed by atoms with Gasteiger partial charge in [-0.3, -0.25) is 9.69 Å². The van der Waals surface area contributed by atoms with Crippen molar-refractivity contribution in [3.63, 3.8) is 0 Å². The number of carbonyl (C=O) groups is 2. The van der Waals surface area contributed by atoms with Gasteiger partial charge in [0.2, 0.25) is 5.91 Å². The minimum absolute atomic E-state index is 0.109. The van der Waals surface area contributed by atoms with Gasteiger partial charge in [0, 0.05) is 44.8 Å². The van der Waals surface area contributed by atoms with E-state index in [4.69, 9.17) is 4.74 Å². The zero-order chi connectivity index (χ0) is 22.8. The van der Waals surface area contributed by atoms with Crippen LogP contribution in [0.25, 0.3) is 0 Å². The Morgan fingerprint density at radius 1 is 1.12 bits per heavy atom. The molecule has 1 saturated heterocycles. The maximum Gasteiger partial charge on any atom is 0.322 e. The summed E-state index contributed by atoms with van der Waals surface area (Å²) in [5.74, 6) is -0.535. The molecule has 172 valence electrons. The molecule has 2 aromatic rings. The minimum atomic E-state index is -0.426. The van der Waals surface area contributed by atoms with E-state index in [0.29, 0.717) is 12.2 Å². The Morgan fingerprint density at radius 3 is 2.59 bits per heavy atom. The summed E-state index contributed by atoms with van der Waals surface area (Å²) in [7, 11) is 0. The fraction of sp³-hybridized carbons (Fsp3) is 0.417. The first-order valence-electron chi connectivity index (χ1n) is 11.0. The van der Waals surface area contributed by atoms with E-state index in [0.717, 1.165) is 38.4 Å². The third kappa shape index (κ3) is 7.32. The number of urea groups is 1. The summed E-state index contributed by atoms with van der Waals surface area (Å²) in [6.45, 7) is 6.68. The number of nitrogens with one attached hydrogen (secondary N) is 2. The number of benzene rings is 2. The average molecular weight is 443 g/mol. The first kappa shape index (κ1) is 23.7. The average Bonchev–Trinajstić information content (AvgIpc) is 2.80. The van der Waals surface area contributed by atoms with Crippen LogP contribution in [0.5, 0.6) is 0 Å². The predicted molar refractivity (Wildman–Crippen MR) is 122 cm³/mol. The summed E-state index contributed by atoms with van der Waals surface area (Å²) < 4.78 is 18.8. The van der Waals surface area contributed by atoms with Crippen LogP contribution in [0.15, 0.2) is 54.6 Å². The predicted octanol–water partition coefficient (Wildman–Crippen LogP) is 3.26. The van der Waals surface area contributed by atoms with E-state index in [1.54, 1.807) is 11.0 Å². The molecule has 1 unspecified atom stereocenters. The Hall–Kier alpha value is -2.97. The van der Waals surface area contributed by atoms with Crippen LogP contribution in [-0.4, -0.2) is 67.7 Å². The highest BCUT2D eigenvalue weighted by atomic mass is 19.1. The van der Waals surface area contributed by atoms with E-state index < -0.39 is 5.82 Å². The molecule has 0 spiro atoms. The third-order valence-corrected chi connectivity index (χ3v) is 5.52. The third-order valence-electron chi connectivity index (χ3n) is 5.52. The second-order valence-electron chi connectivity index (χ2n) is 7.77. The van der Waals surface area contributed by atoms with Crippen molar-refractivity contribution in [2.24, 2.45) is 0 Å². The van der Waals surface area contributed by atoms with Crippen LogP contribution in [0.1, 0.15) is 24.9 Å². The van der Waals surface area contributed by atoms with Gasteiger partial charge in [0.15, 0.2) is 0 Å². The monoisotopic (exact) mass is 442 g/mol. The first-order chi connectivity index (χ1) is 15.5. The largest absolute Gasteiger partial charge is 0.379 e. The lowest BCUT2D eigenvalue weighted by Crippen LogP contribution is -2.42. The van der Waals surface area contributed by atoms with Gasteiger partial charge in [-0.05, 0) is 30.7 Å². The van der Waals surface area contributed by atoms with Crippen LogP contribution in [0.4, 0.5) is 14.9 Å². The van der Waals surface area contributed by atoms with Crippen LogP contribution in [-0.2, 0) is 9.53 Å². The summed E-state index contributed by atoms with van der Waals surface area (Å²) in [5.41, 5.74) is 1.32. The summed E-state index contributed by atoms with van der Waals surface area (Å²) >= 11 is 0. The number of hydrogen-bond acceptors (Lipinski definition) is 4. The molecule has 3 rings (SSSR count). The van der Waals surface area contributed by atoms with Gasteiger partial charge in [-0.2, -0.15) is 0 Å². The molecule has 0 bridgehead atoms. The number of rotatable bonds is 9. The highest BCUT2D eigenvalue weighted by molar-refractivity contribution is 5.90. The lowest BCUT2D eigenvalue weighted by Gasteiger charge is -2.30. The Kier molecular flexibility index (Phi) is 9.01. The lowest BCUT2D eigenvalue weighted by molar-refractivity contribution is -0.121. The number of morpholine rings is 1. The standard InChI is InChI=1S/C24H31FN4O3/c1-19(20-6-3-2-4-7-20)29(24(31)27-22-9-5-8-21(25)18-22)12-10-23(30)26-11-13-28-14-16-32-17-15-28/h2-9,18-19H,10-17H2,1H3,(H,26,30)(H,27,31). The molecule has 0 aromatic heterocycles. The summed E-state index contributed by atoms with van der Waals surface area (Å²) in [4.78, 5) is 29.3. The highest BCUT2D eigenvalue weighted by Crippen LogP contribution is 2.22. The van der Waals surface area contributed by atoms with Crippen molar-refractivity contribution in [3.8, 4) is 0 Å². The number of hydrogen-bond donors (Lipinski definition) is 2. The molecular weight excluding hydrogens is 411 g/mol. The fourth-order valence-electron chi connectivity index (χ4n) is 3.63. The van der Waals surface area contributed by atoms with Crippen molar-refractivity contribution in [1.82, 2.24) is 15.1 Å². The molecule has 1 aliphatic heterocycles. The number of nitrogens with zero attached hydrogens (tertiary/aromatic N) is 2. The molecule has 1 aliphatic rings. The van der Waals surface area contributed by atoms with E-state index in [1.807, 2.05) is 37.3 Å². The smallest absolute Gasteiger partial charge is 0.322 e. The van der Waals surface area contributed by atoms with Gasteiger partial charge in [-0.15, -0.1) is 0 Å². The van der Waals surface area contributed by atoms with Crippen LogP contribution in [0.2, 0.25) is 0 Å². The van der Waals surface area contributed by atoms with E-state index in [2.05, 4.69) is 15.5 Å². The Morgan fingerprint density at radius 2 is 1.88 bits per heavy atom. The van der Waals surface area contributed by atoms with Crippen molar-refractivity contribution in [2.45, 2.75) is 19.4 Å². The van der Waals surface area contributed by atoms with E-state index in [1.165, 1.54) is 18.2 Å². The lowest BCUT2D eigenvalue weighted by atomic mass is 10.1. The van der Waals surface area contributed by atoms with Gasteiger partial charge >= 0.3 is 6.03 Å². The number of halogens is 1. The van der Waals surface area contributed by atoms with E-state index >= 15 is 0 Å². The zero-order valence-electron chi connectivity index (χ0n) is 18.4. The molecule has 1 heterocycles. The van der Waals surface area contributed by atoms with E-state index in [9.17, 15) is 14.0 Å². The summed E-state index contributed by atoms with van der Waals surface area (Å²) in [5, 5.41) is 5.67. The van der Waals surface area contributed by atoms with Crippen LogP contribution < -0.4 is 10.6 Å². The second kappa shape index (κ2) is 12.2. The molecule has 0 aliphatic carbocycles. The number of anilines is 1. The number of carbonyl (C=O) groups excluding carboxylic acids is 2. The van der Waals surface area contributed by atoms with Gasteiger partial charge in [0.25, 0.3) is 0 Å². The van der Waals surface area contributed by atoms with E-state index in [-0.39, 0.29) is 30.9 Å². The topological polar surface area (TPSA) is 73.9 Å². The van der Waals surface area contributed by atoms with Gasteiger partial charge in [0.05, 0.1) is 19.3 Å². The molecule has 2 aromatic carbocycles. The van der Waals surface area contributed by atoms with Crippen molar-refractivity contribution < 1.29 is 18.7 Å². The quantitative estimate of drug-likeness (QED) is 0.625. The van der Waals surface area contributed by atoms with Crippen molar-refractivity contribution in [3.05, 3.63) is 66.0 Å². The van der Waals surface area contributed by atoms with Crippen molar-refractivity contribution in [1.29, 1.82) is 0 Å². The fourth-order valence-corrected chi connectivity index (χ4v) is 3.63. The van der Waals surface area contributed by atoms with Crippen LogP contribution in [0, 0.1) is 5.82 Å². The molecule has 1 atom stereocenters. The minimum Gasteiger partial charge on any atom is -0.379 e. The molecule has 0 saturated carbocycles. The van der Waals surface area contributed by atoms with Gasteiger partial charge in [-0.25, -0.2) is 9.18 Å². The normalized spacial score (nSPS) is 15.1. The van der Waals surface area contributed by atoms with Crippen molar-refractivity contribution in [2.75, 3.05) is 51.3 Å². The molecule has 8 heteroatoms. The van der Waals surface area contributed by atoms with Gasteiger partial charge in [0.1, 0.15) is 5.82 Å². The first-order valence-corrected chi connectivity index (χ1v) is 11.0. The second-order valence-corrected chi connectivity index (χ2v) is 7.77. The Balaban J connectivity index is 1.57. The molecular formula is C24H31FN4O3. The Bertz CT molecular complexity index is 875. The molecule has 1 fully saturated rings. The van der Waals surface area contributed by atoms with Crippen molar-refractivity contribution >= 4 is 17.6 Å². The summed E-state index contributed by atoms with van der Waals surface area (Å²) in [6, 6.07) is 14.7. The maximum atomic E-state index is 13.5. The molecule has 0 radical (unpaired) electrons. The SMILES string of the molecule is CC(c1ccccc1)N(CCC(=O)NCCN1CCOCC1)C(=O)Nc1cccc(F)c1. The molecule has 32 heavy (non-hydrogen) atoms. The summed E-state index contributed by atoms with van der Waals surface area (Å²) in [6.07, 6.45) is 0.177. The number of ether oxygens (including phenoxy) is 1. The molecule has 2 N–H and O–H groups in total. The molecule has 3 amide bonds. The van der Waals surface area contributed by atoms with Crippen LogP contribution in [0.3, 0.4) is 0 Å².